The van der Waals surface area contributed by atoms with Crippen LogP contribution in [0, 0.1) is 0 Å². The highest BCUT2D eigenvalue weighted by Gasteiger charge is 2.21. The molecule has 0 saturated carbocycles. The van der Waals surface area contributed by atoms with Crippen LogP contribution in [-0.4, -0.2) is 42.2 Å². The van der Waals surface area contributed by atoms with Gasteiger partial charge in [-0.2, -0.15) is 0 Å². The molecule has 5 heteroatoms. The number of aliphatic hydroxyl groups is 1. The molecular formula is C15H18BrNO3. The summed E-state index contributed by atoms with van der Waals surface area (Å²) < 4.78 is 6.58. The van der Waals surface area contributed by atoms with E-state index in [9.17, 15) is 4.79 Å². The standard InChI is InChI=1S/C15H18BrNO3/c1-2-17(6-3-7-18)15(19)12-8-11-9-13(16)4-5-14(11)20-10-12/h4-5,8-9,18H,2-3,6-7,10H2,1H3. The van der Waals surface area contributed by atoms with Gasteiger partial charge in [-0.25, -0.2) is 0 Å². The van der Waals surface area contributed by atoms with E-state index in [0.29, 0.717) is 31.7 Å². The molecule has 0 bridgehead atoms. The maximum atomic E-state index is 12.4. The van der Waals surface area contributed by atoms with E-state index in [1.165, 1.54) is 0 Å². The molecule has 1 aliphatic rings. The second-order valence-corrected chi connectivity index (χ2v) is 5.52. The number of hydrogen-bond acceptors (Lipinski definition) is 3. The molecule has 1 aromatic rings. The highest BCUT2D eigenvalue weighted by molar-refractivity contribution is 9.10. The Balaban J connectivity index is 2.18. The first-order chi connectivity index (χ1) is 9.65. The number of halogens is 1. The van der Waals surface area contributed by atoms with Crippen molar-refractivity contribution >= 4 is 27.9 Å². The molecular weight excluding hydrogens is 322 g/mol. The minimum Gasteiger partial charge on any atom is -0.488 e. The molecule has 0 atom stereocenters. The van der Waals surface area contributed by atoms with Gasteiger partial charge >= 0.3 is 0 Å². The summed E-state index contributed by atoms with van der Waals surface area (Å²) in [6.45, 7) is 3.51. The van der Waals surface area contributed by atoms with Crippen LogP contribution in [0.1, 0.15) is 18.9 Å². The first-order valence-electron chi connectivity index (χ1n) is 6.68. The third-order valence-corrected chi connectivity index (χ3v) is 3.71. The van der Waals surface area contributed by atoms with Crippen molar-refractivity contribution in [3.8, 4) is 5.75 Å². The van der Waals surface area contributed by atoms with Gasteiger partial charge in [0, 0.05) is 29.7 Å². The molecule has 1 heterocycles. The molecule has 2 rings (SSSR count). The molecule has 20 heavy (non-hydrogen) atoms. The minimum absolute atomic E-state index is 0.0217. The van der Waals surface area contributed by atoms with Gasteiger partial charge in [0.1, 0.15) is 12.4 Å². The van der Waals surface area contributed by atoms with E-state index >= 15 is 0 Å². The van der Waals surface area contributed by atoms with Crippen molar-refractivity contribution < 1.29 is 14.6 Å². The van der Waals surface area contributed by atoms with E-state index in [1.807, 2.05) is 31.2 Å². The van der Waals surface area contributed by atoms with Crippen LogP contribution in [0.2, 0.25) is 0 Å². The van der Waals surface area contributed by atoms with Crippen LogP contribution >= 0.6 is 15.9 Å². The fourth-order valence-corrected chi connectivity index (χ4v) is 2.52. The van der Waals surface area contributed by atoms with Gasteiger partial charge in [0.05, 0.1) is 5.57 Å². The summed E-state index contributed by atoms with van der Waals surface area (Å²) in [4.78, 5) is 14.1. The van der Waals surface area contributed by atoms with Gasteiger partial charge in [0.25, 0.3) is 5.91 Å². The zero-order chi connectivity index (χ0) is 14.5. The molecule has 1 amide bonds. The van der Waals surface area contributed by atoms with Gasteiger partial charge in [-0.3, -0.25) is 4.79 Å². The largest absolute Gasteiger partial charge is 0.488 e. The van der Waals surface area contributed by atoms with Gasteiger partial charge in [-0.1, -0.05) is 15.9 Å². The van der Waals surface area contributed by atoms with E-state index in [1.54, 1.807) is 4.90 Å². The van der Waals surface area contributed by atoms with Crippen LogP contribution < -0.4 is 4.74 Å². The summed E-state index contributed by atoms with van der Waals surface area (Å²) in [6, 6.07) is 5.74. The minimum atomic E-state index is -0.0217. The van der Waals surface area contributed by atoms with E-state index in [4.69, 9.17) is 9.84 Å². The molecule has 0 radical (unpaired) electrons. The number of nitrogens with zero attached hydrogens (tertiary/aromatic N) is 1. The van der Waals surface area contributed by atoms with E-state index in [0.717, 1.165) is 15.8 Å². The highest BCUT2D eigenvalue weighted by atomic mass is 79.9. The maximum absolute atomic E-state index is 12.4. The van der Waals surface area contributed by atoms with Gasteiger partial charge in [0.2, 0.25) is 0 Å². The van der Waals surface area contributed by atoms with Crippen LogP contribution in [0.4, 0.5) is 0 Å². The number of benzene rings is 1. The second-order valence-electron chi connectivity index (χ2n) is 4.60. The summed E-state index contributed by atoms with van der Waals surface area (Å²) in [7, 11) is 0. The highest BCUT2D eigenvalue weighted by Crippen LogP contribution is 2.29. The lowest BCUT2D eigenvalue weighted by Crippen LogP contribution is -2.35. The number of aliphatic hydroxyl groups excluding tert-OH is 1. The predicted octanol–water partition coefficient (Wildman–Crippen LogP) is 2.46. The van der Waals surface area contributed by atoms with Crippen molar-refractivity contribution in [1.82, 2.24) is 4.90 Å². The topological polar surface area (TPSA) is 49.8 Å². The number of rotatable bonds is 5. The van der Waals surface area contributed by atoms with E-state index in [2.05, 4.69) is 15.9 Å². The van der Waals surface area contributed by atoms with Gasteiger partial charge in [0.15, 0.2) is 0 Å². The van der Waals surface area contributed by atoms with Crippen LogP contribution in [-0.2, 0) is 4.79 Å². The summed E-state index contributed by atoms with van der Waals surface area (Å²) in [5.74, 6) is 0.773. The smallest absolute Gasteiger partial charge is 0.253 e. The Morgan fingerprint density at radius 2 is 2.30 bits per heavy atom. The Morgan fingerprint density at radius 1 is 1.50 bits per heavy atom. The Hall–Kier alpha value is -1.33. The van der Waals surface area contributed by atoms with Crippen molar-refractivity contribution in [2.24, 2.45) is 0 Å². The van der Waals surface area contributed by atoms with Crippen LogP contribution in [0.25, 0.3) is 6.08 Å². The first kappa shape index (κ1) is 15.1. The molecule has 0 spiro atoms. The zero-order valence-corrected chi connectivity index (χ0v) is 13.0. The van der Waals surface area contributed by atoms with Crippen molar-refractivity contribution in [3.63, 3.8) is 0 Å². The van der Waals surface area contributed by atoms with Crippen LogP contribution in [0.15, 0.2) is 28.2 Å². The average molecular weight is 340 g/mol. The van der Waals surface area contributed by atoms with E-state index < -0.39 is 0 Å². The molecule has 1 aliphatic heterocycles. The summed E-state index contributed by atoms with van der Waals surface area (Å²) in [5, 5.41) is 8.88. The van der Waals surface area contributed by atoms with Crippen molar-refractivity contribution in [2.45, 2.75) is 13.3 Å². The molecule has 1 N–H and O–H groups in total. The second kappa shape index (κ2) is 6.90. The molecule has 0 fully saturated rings. The summed E-state index contributed by atoms with van der Waals surface area (Å²) in [5.41, 5.74) is 1.56. The number of ether oxygens (including phenoxy) is 1. The van der Waals surface area contributed by atoms with Gasteiger partial charge < -0.3 is 14.7 Å². The molecule has 4 nitrogen and oxygen atoms in total. The lowest BCUT2D eigenvalue weighted by molar-refractivity contribution is -0.127. The number of carbonyl (C=O) groups excluding carboxylic acids is 1. The lowest BCUT2D eigenvalue weighted by Gasteiger charge is -2.24. The number of amides is 1. The van der Waals surface area contributed by atoms with Crippen molar-refractivity contribution in [2.75, 3.05) is 26.3 Å². The van der Waals surface area contributed by atoms with E-state index in [-0.39, 0.29) is 12.5 Å². The normalized spacial score (nSPS) is 13.2. The van der Waals surface area contributed by atoms with Crippen LogP contribution in [0.5, 0.6) is 5.75 Å². The van der Waals surface area contributed by atoms with Crippen LogP contribution in [0.3, 0.4) is 0 Å². The summed E-state index contributed by atoms with van der Waals surface area (Å²) in [6.07, 6.45) is 2.48. The molecule has 0 unspecified atom stereocenters. The molecule has 1 aromatic carbocycles. The predicted molar refractivity (Wildman–Crippen MR) is 81.6 cm³/mol. The van der Waals surface area contributed by atoms with Crippen molar-refractivity contribution in [1.29, 1.82) is 0 Å². The third kappa shape index (κ3) is 3.41. The van der Waals surface area contributed by atoms with Gasteiger partial charge in [-0.05, 0) is 37.6 Å². The number of fused-ring (bicyclic) bond motifs is 1. The summed E-state index contributed by atoms with van der Waals surface area (Å²) >= 11 is 3.42. The molecule has 0 aliphatic carbocycles. The first-order valence-corrected chi connectivity index (χ1v) is 7.48. The fraction of sp³-hybridized carbons (Fsp3) is 0.400. The Morgan fingerprint density at radius 3 is 3.00 bits per heavy atom. The fourth-order valence-electron chi connectivity index (χ4n) is 2.14. The SMILES string of the molecule is CCN(CCCO)C(=O)C1=Cc2cc(Br)ccc2OC1. The van der Waals surface area contributed by atoms with Crippen molar-refractivity contribution in [3.05, 3.63) is 33.8 Å². The zero-order valence-electron chi connectivity index (χ0n) is 11.4. The number of hydrogen-bond donors (Lipinski definition) is 1. The molecule has 0 aromatic heterocycles. The monoisotopic (exact) mass is 339 g/mol. The number of likely N-dealkylation sites (N-methyl/N-ethyl adjacent to an activating group) is 1. The Bertz CT molecular complexity index is 528. The molecule has 0 saturated heterocycles. The quantitative estimate of drug-likeness (QED) is 0.896. The Labute approximate surface area is 127 Å². The maximum Gasteiger partial charge on any atom is 0.253 e. The van der Waals surface area contributed by atoms with Gasteiger partial charge in [-0.15, -0.1) is 0 Å². The lowest BCUT2D eigenvalue weighted by atomic mass is 10.1. The Kier molecular flexibility index (Phi) is 5.20. The third-order valence-electron chi connectivity index (χ3n) is 3.21. The number of carbonyl (C=O) groups is 1. The molecule has 108 valence electrons. The average Bonchev–Trinajstić information content (AvgIpc) is 2.47.